The molecule has 1 aromatic carbocycles. The first-order chi connectivity index (χ1) is 8.39. The second-order valence-corrected chi connectivity index (χ2v) is 4.87. The van der Waals surface area contributed by atoms with Crippen LogP contribution in [0.2, 0.25) is 0 Å². The van der Waals surface area contributed by atoms with Gasteiger partial charge in [0, 0.05) is 11.8 Å². The van der Waals surface area contributed by atoms with Crippen LogP contribution >= 0.6 is 0 Å². The number of aromatic carboxylic acids is 1. The lowest BCUT2D eigenvalue weighted by Crippen LogP contribution is -2.00. The zero-order valence-electron chi connectivity index (χ0n) is 8.86. The number of aromatic nitrogens is 2. The molecule has 0 radical (unpaired) electrons. The van der Waals surface area contributed by atoms with Gasteiger partial charge in [-0.2, -0.15) is 13.5 Å². The van der Waals surface area contributed by atoms with Gasteiger partial charge >= 0.3 is 5.97 Å². The van der Waals surface area contributed by atoms with Crippen LogP contribution in [-0.4, -0.2) is 34.2 Å². The highest BCUT2D eigenvalue weighted by Gasteiger charge is 2.15. The third-order valence-corrected chi connectivity index (χ3v) is 3.17. The molecule has 0 saturated carbocycles. The second-order valence-electron chi connectivity index (χ2n) is 3.45. The Balaban J connectivity index is 2.47. The predicted molar refractivity (Wildman–Crippen MR) is 60.8 cm³/mol. The number of rotatable bonds is 3. The molecular weight excluding hydrogens is 260 g/mol. The van der Waals surface area contributed by atoms with E-state index in [-0.39, 0.29) is 10.6 Å². The van der Waals surface area contributed by atoms with Gasteiger partial charge in [0.05, 0.1) is 4.90 Å². The van der Waals surface area contributed by atoms with Gasteiger partial charge in [0.25, 0.3) is 10.1 Å². The molecule has 0 amide bonds. The molecule has 0 unspecified atom stereocenters. The topological polar surface area (TPSA) is 120 Å². The summed E-state index contributed by atoms with van der Waals surface area (Å²) in [6.45, 7) is 0. The Bertz CT molecular complexity index is 687. The Morgan fingerprint density at radius 1 is 1.22 bits per heavy atom. The first-order valence-electron chi connectivity index (χ1n) is 4.74. The Morgan fingerprint density at radius 3 is 2.33 bits per heavy atom. The monoisotopic (exact) mass is 268 g/mol. The molecule has 94 valence electrons. The summed E-state index contributed by atoms with van der Waals surface area (Å²) in [7, 11) is -4.25. The van der Waals surface area contributed by atoms with Crippen LogP contribution < -0.4 is 0 Å². The summed E-state index contributed by atoms with van der Waals surface area (Å²) in [6, 6.07) is 5.15. The quantitative estimate of drug-likeness (QED) is 0.715. The van der Waals surface area contributed by atoms with Crippen molar-refractivity contribution in [2.75, 3.05) is 0 Å². The summed E-state index contributed by atoms with van der Waals surface area (Å²) in [4.78, 5) is 10.6. The van der Waals surface area contributed by atoms with Gasteiger partial charge in [0.2, 0.25) is 0 Å². The van der Waals surface area contributed by atoms with Crippen molar-refractivity contribution in [3.05, 3.63) is 36.2 Å². The summed E-state index contributed by atoms with van der Waals surface area (Å²) < 4.78 is 30.5. The minimum absolute atomic E-state index is 0.158. The number of carboxylic acids is 1. The number of hydrogen-bond donors (Lipinski definition) is 3. The lowest BCUT2D eigenvalue weighted by molar-refractivity contribution is 0.0691. The number of benzene rings is 1. The standard InChI is InChI=1S/C10H8N2O5S/c13-10(14)9-8(5-11-12-9)6-1-3-7(4-2-6)18(15,16)17/h1-5H,(H,11,12)(H,13,14)(H,15,16,17). The molecule has 1 aromatic heterocycles. The Hall–Kier alpha value is -2.19. The first kappa shape index (κ1) is 12.3. The maximum Gasteiger partial charge on any atom is 0.357 e. The van der Waals surface area contributed by atoms with Crippen molar-refractivity contribution < 1.29 is 22.9 Å². The maximum absolute atomic E-state index is 10.9. The van der Waals surface area contributed by atoms with Gasteiger partial charge < -0.3 is 5.11 Å². The van der Waals surface area contributed by atoms with Crippen LogP contribution in [0.1, 0.15) is 10.5 Å². The predicted octanol–water partition coefficient (Wildman–Crippen LogP) is 1.02. The minimum Gasteiger partial charge on any atom is -0.476 e. The average molecular weight is 268 g/mol. The van der Waals surface area contributed by atoms with Crippen LogP contribution in [0.3, 0.4) is 0 Å². The number of hydrogen-bond acceptors (Lipinski definition) is 4. The second kappa shape index (κ2) is 4.24. The molecule has 1 heterocycles. The molecule has 0 atom stereocenters. The summed E-state index contributed by atoms with van der Waals surface area (Å²) in [5.74, 6) is -1.19. The molecule has 0 aliphatic rings. The molecule has 2 aromatic rings. The van der Waals surface area contributed by atoms with E-state index in [1.54, 1.807) is 0 Å². The van der Waals surface area contributed by atoms with Crippen molar-refractivity contribution in [3.63, 3.8) is 0 Å². The number of carboxylic acid groups (broad SMARTS) is 1. The van der Waals surface area contributed by atoms with Gasteiger partial charge in [0.15, 0.2) is 5.69 Å². The number of aromatic amines is 1. The SMILES string of the molecule is O=C(O)c1n[nH]cc1-c1ccc(S(=O)(=O)O)cc1. The molecule has 3 N–H and O–H groups in total. The number of carbonyl (C=O) groups is 1. The number of nitrogens with zero attached hydrogens (tertiary/aromatic N) is 1. The summed E-state index contributed by atoms with van der Waals surface area (Å²) >= 11 is 0. The fourth-order valence-electron chi connectivity index (χ4n) is 1.48. The van der Waals surface area contributed by atoms with Crippen LogP contribution in [0.5, 0.6) is 0 Å². The Morgan fingerprint density at radius 2 is 1.83 bits per heavy atom. The molecule has 2 rings (SSSR count). The maximum atomic E-state index is 10.9. The molecule has 8 heteroatoms. The zero-order valence-corrected chi connectivity index (χ0v) is 9.68. The van der Waals surface area contributed by atoms with Crippen LogP contribution in [0.25, 0.3) is 11.1 Å². The Kier molecular flexibility index (Phi) is 2.89. The van der Waals surface area contributed by atoms with Gasteiger partial charge in [0.1, 0.15) is 0 Å². The molecular formula is C10H8N2O5S. The molecule has 0 bridgehead atoms. The largest absolute Gasteiger partial charge is 0.476 e. The minimum atomic E-state index is -4.25. The van der Waals surface area contributed by atoms with E-state index >= 15 is 0 Å². The van der Waals surface area contributed by atoms with Gasteiger partial charge in [-0.3, -0.25) is 9.65 Å². The highest BCUT2D eigenvalue weighted by Crippen LogP contribution is 2.23. The van der Waals surface area contributed by atoms with Crippen LogP contribution in [-0.2, 0) is 10.1 Å². The summed E-state index contributed by atoms with van der Waals surface area (Å²) in [5.41, 5.74) is 0.660. The molecule has 0 spiro atoms. The molecule has 18 heavy (non-hydrogen) atoms. The lowest BCUT2D eigenvalue weighted by Gasteiger charge is -2.01. The summed E-state index contributed by atoms with van der Waals surface area (Å²) in [6.07, 6.45) is 1.39. The van der Waals surface area contributed by atoms with E-state index in [4.69, 9.17) is 9.66 Å². The normalized spacial score (nSPS) is 11.4. The van der Waals surface area contributed by atoms with Gasteiger partial charge in [-0.25, -0.2) is 4.79 Å². The van der Waals surface area contributed by atoms with E-state index in [1.165, 1.54) is 30.5 Å². The Labute approximate surface area is 102 Å². The van der Waals surface area contributed by atoms with Crippen molar-refractivity contribution in [3.8, 4) is 11.1 Å². The highest BCUT2D eigenvalue weighted by atomic mass is 32.2. The van der Waals surface area contributed by atoms with E-state index in [0.717, 1.165) is 0 Å². The van der Waals surface area contributed by atoms with Crippen molar-refractivity contribution in [1.29, 1.82) is 0 Å². The van der Waals surface area contributed by atoms with Crippen molar-refractivity contribution in [2.45, 2.75) is 4.90 Å². The smallest absolute Gasteiger partial charge is 0.357 e. The fourth-order valence-corrected chi connectivity index (χ4v) is 1.96. The van der Waals surface area contributed by atoms with E-state index in [9.17, 15) is 13.2 Å². The van der Waals surface area contributed by atoms with E-state index in [0.29, 0.717) is 11.1 Å². The average Bonchev–Trinajstić information content (AvgIpc) is 2.77. The van der Waals surface area contributed by atoms with Crippen molar-refractivity contribution >= 4 is 16.1 Å². The van der Waals surface area contributed by atoms with Crippen molar-refractivity contribution in [1.82, 2.24) is 10.2 Å². The van der Waals surface area contributed by atoms with Crippen molar-refractivity contribution in [2.24, 2.45) is 0 Å². The highest BCUT2D eigenvalue weighted by molar-refractivity contribution is 7.85. The van der Waals surface area contributed by atoms with E-state index in [1.807, 2.05) is 0 Å². The molecule has 0 aliphatic heterocycles. The number of nitrogens with one attached hydrogen (secondary N) is 1. The van der Waals surface area contributed by atoms with Crippen LogP contribution in [0, 0.1) is 0 Å². The molecule has 0 aliphatic carbocycles. The van der Waals surface area contributed by atoms with E-state index < -0.39 is 16.1 Å². The molecule has 0 saturated heterocycles. The number of H-pyrrole nitrogens is 1. The van der Waals surface area contributed by atoms with Gasteiger partial charge in [-0.05, 0) is 17.7 Å². The van der Waals surface area contributed by atoms with Gasteiger partial charge in [-0.15, -0.1) is 0 Å². The van der Waals surface area contributed by atoms with Crippen LogP contribution in [0.4, 0.5) is 0 Å². The van der Waals surface area contributed by atoms with Gasteiger partial charge in [-0.1, -0.05) is 12.1 Å². The molecule has 0 fully saturated rings. The third kappa shape index (κ3) is 2.24. The van der Waals surface area contributed by atoms with E-state index in [2.05, 4.69) is 10.2 Å². The zero-order chi connectivity index (χ0) is 13.3. The third-order valence-electron chi connectivity index (χ3n) is 2.31. The summed E-state index contributed by atoms with van der Waals surface area (Å²) in [5, 5.41) is 14.9. The fraction of sp³-hybridized carbons (Fsp3) is 0. The first-order valence-corrected chi connectivity index (χ1v) is 6.18. The van der Waals surface area contributed by atoms with Crippen LogP contribution in [0.15, 0.2) is 35.4 Å². The lowest BCUT2D eigenvalue weighted by atomic mass is 10.1. The molecule has 7 nitrogen and oxygen atoms in total.